The highest BCUT2D eigenvalue weighted by Crippen LogP contribution is 2.27. The Bertz CT molecular complexity index is 714. The van der Waals surface area contributed by atoms with E-state index in [0.717, 1.165) is 16.8 Å². The number of nitrogens with one attached hydrogen (secondary N) is 1. The summed E-state index contributed by atoms with van der Waals surface area (Å²) in [6, 6.07) is 13.9. The van der Waals surface area contributed by atoms with Crippen molar-refractivity contribution < 1.29 is 14.3 Å². The standard InChI is InChI=1S/C20H26N2O3/c1-22(2)17-7-5-6-16(12-17)14-21-20(23)11-9-15-8-10-18(24-3)19(13-15)25-4/h5-8,10,12-13H,9,11,14H2,1-4H3,(H,21,23). The van der Waals surface area contributed by atoms with E-state index in [-0.39, 0.29) is 5.91 Å². The molecule has 5 nitrogen and oxygen atoms in total. The molecule has 134 valence electrons. The van der Waals surface area contributed by atoms with Crippen LogP contribution in [0.2, 0.25) is 0 Å². The van der Waals surface area contributed by atoms with Crippen molar-refractivity contribution in [1.82, 2.24) is 5.32 Å². The average molecular weight is 342 g/mol. The minimum atomic E-state index is 0.0324. The smallest absolute Gasteiger partial charge is 0.220 e. The number of aryl methyl sites for hydroxylation is 1. The van der Waals surface area contributed by atoms with Gasteiger partial charge in [-0.2, -0.15) is 0 Å². The van der Waals surface area contributed by atoms with Gasteiger partial charge in [0.15, 0.2) is 11.5 Å². The van der Waals surface area contributed by atoms with E-state index in [4.69, 9.17) is 9.47 Å². The Kier molecular flexibility index (Phi) is 6.69. The molecule has 2 aromatic carbocycles. The quantitative estimate of drug-likeness (QED) is 0.801. The fraction of sp³-hybridized carbons (Fsp3) is 0.350. The monoisotopic (exact) mass is 342 g/mol. The van der Waals surface area contributed by atoms with E-state index in [1.54, 1.807) is 14.2 Å². The third-order valence-corrected chi connectivity index (χ3v) is 4.01. The van der Waals surface area contributed by atoms with Gasteiger partial charge in [-0.25, -0.2) is 0 Å². The molecular weight excluding hydrogens is 316 g/mol. The molecule has 0 fully saturated rings. The van der Waals surface area contributed by atoms with Crippen molar-refractivity contribution >= 4 is 11.6 Å². The molecule has 25 heavy (non-hydrogen) atoms. The Morgan fingerprint density at radius 2 is 1.76 bits per heavy atom. The lowest BCUT2D eigenvalue weighted by Gasteiger charge is -2.14. The second-order valence-corrected chi connectivity index (χ2v) is 6.03. The number of carbonyl (C=O) groups excluding carboxylic acids is 1. The lowest BCUT2D eigenvalue weighted by atomic mass is 10.1. The molecule has 0 aliphatic rings. The first-order chi connectivity index (χ1) is 12.0. The largest absolute Gasteiger partial charge is 0.493 e. The number of nitrogens with zero attached hydrogens (tertiary/aromatic N) is 1. The summed E-state index contributed by atoms with van der Waals surface area (Å²) in [5.41, 5.74) is 3.25. The Morgan fingerprint density at radius 1 is 1.00 bits per heavy atom. The third kappa shape index (κ3) is 5.41. The van der Waals surface area contributed by atoms with Crippen LogP contribution in [0.1, 0.15) is 17.5 Å². The summed E-state index contributed by atoms with van der Waals surface area (Å²) in [4.78, 5) is 14.2. The van der Waals surface area contributed by atoms with Gasteiger partial charge in [0.25, 0.3) is 0 Å². The van der Waals surface area contributed by atoms with Crippen molar-refractivity contribution in [2.45, 2.75) is 19.4 Å². The molecule has 1 amide bonds. The lowest BCUT2D eigenvalue weighted by Crippen LogP contribution is -2.23. The van der Waals surface area contributed by atoms with Crippen LogP contribution in [0, 0.1) is 0 Å². The number of ether oxygens (including phenoxy) is 2. The van der Waals surface area contributed by atoms with E-state index < -0.39 is 0 Å². The second kappa shape index (κ2) is 8.97. The fourth-order valence-electron chi connectivity index (χ4n) is 2.53. The van der Waals surface area contributed by atoms with Crippen molar-refractivity contribution in [3.05, 3.63) is 53.6 Å². The Labute approximate surface area is 149 Å². The maximum absolute atomic E-state index is 12.1. The summed E-state index contributed by atoms with van der Waals surface area (Å²) < 4.78 is 10.5. The molecule has 0 spiro atoms. The first kappa shape index (κ1) is 18.6. The molecule has 0 aliphatic heterocycles. The van der Waals surface area contributed by atoms with Gasteiger partial charge in [0.05, 0.1) is 14.2 Å². The molecule has 0 bridgehead atoms. The first-order valence-corrected chi connectivity index (χ1v) is 8.27. The predicted molar refractivity (Wildman–Crippen MR) is 100 cm³/mol. The maximum atomic E-state index is 12.1. The molecule has 1 N–H and O–H groups in total. The van der Waals surface area contributed by atoms with Crippen LogP contribution in [0.15, 0.2) is 42.5 Å². The van der Waals surface area contributed by atoms with Crippen molar-refractivity contribution in [2.75, 3.05) is 33.2 Å². The van der Waals surface area contributed by atoms with Crippen LogP contribution in [-0.4, -0.2) is 34.2 Å². The number of amides is 1. The van der Waals surface area contributed by atoms with Crippen LogP contribution in [-0.2, 0) is 17.8 Å². The third-order valence-electron chi connectivity index (χ3n) is 4.01. The van der Waals surface area contributed by atoms with Crippen LogP contribution >= 0.6 is 0 Å². The lowest BCUT2D eigenvalue weighted by molar-refractivity contribution is -0.121. The van der Waals surface area contributed by atoms with E-state index >= 15 is 0 Å². The molecule has 0 unspecified atom stereocenters. The number of benzene rings is 2. The highest BCUT2D eigenvalue weighted by Gasteiger charge is 2.07. The first-order valence-electron chi connectivity index (χ1n) is 8.27. The molecule has 0 aliphatic carbocycles. The highest BCUT2D eigenvalue weighted by atomic mass is 16.5. The summed E-state index contributed by atoms with van der Waals surface area (Å²) >= 11 is 0. The number of rotatable bonds is 8. The molecule has 0 saturated heterocycles. The van der Waals surface area contributed by atoms with Gasteiger partial charge < -0.3 is 19.7 Å². The zero-order chi connectivity index (χ0) is 18.2. The number of methoxy groups -OCH3 is 2. The topological polar surface area (TPSA) is 50.8 Å². The van der Waals surface area contributed by atoms with Gasteiger partial charge >= 0.3 is 0 Å². The summed E-state index contributed by atoms with van der Waals surface area (Å²) in [6.45, 7) is 0.534. The highest BCUT2D eigenvalue weighted by molar-refractivity contribution is 5.76. The number of hydrogen-bond acceptors (Lipinski definition) is 4. The van der Waals surface area contributed by atoms with E-state index in [2.05, 4.69) is 11.4 Å². The molecule has 0 atom stereocenters. The van der Waals surface area contributed by atoms with Crippen LogP contribution in [0.25, 0.3) is 0 Å². The van der Waals surface area contributed by atoms with Crippen LogP contribution < -0.4 is 19.7 Å². The zero-order valence-electron chi connectivity index (χ0n) is 15.3. The SMILES string of the molecule is COc1ccc(CCC(=O)NCc2cccc(N(C)C)c2)cc1OC. The summed E-state index contributed by atoms with van der Waals surface area (Å²) in [5, 5.41) is 2.97. The van der Waals surface area contributed by atoms with Crippen LogP contribution in [0.4, 0.5) is 5.69 Å². The molecule has 0 aromatic heterocycles. The molecule has 0 heterocycles. The minimum Gasteiger partial charge on any atom is -0.493 e. The Balaban J connectivity index is 1.86. The summed E-state index contributed by atoms with van der Waals surface area (Å²) in [7, 11) is 7.22. The molecule has 0 saturated carbocycles. The average Bonchev–Trinajstić information content (AvgIpc) is 2.64. The Hall–Kier alpha value is -2.69. The van der Waals surface area contributed by atoms with Gasteiger partial charge in [-0.05, 0) is 41.8 Å². The van der Waals surface area contributed by atoms with Crippen molar-refractivity contribution in [1.29, 1.82) is 0 Å². The molecule has 0 radical (unpaired) electrons. The van der Waals surface area contributed by atoms with E-state index in [1.165, 1.54) is 0 Å². The molecular formula is C20H26N2O3. The van der Waals surface area contributed by atoms with Gasteiger partial charge in [0, 0.05) is 32.7 Å². The van der Waals surface area contributed by atoms with E-state index in [9.17, 15) is 4.79 Å². The van der Waals surface area contributed by atoms with Gasteiger partial charge in [0.2, 0.25) is 5.91 Å². The van der Waals surface area contributed by atoms with Gasteiger partial charge in [0.1, 0.15) is 0 Å². The van der Waals surface area contributed by atoms with Crippen LogP contribution in [0.3, 0.4) is 0 Å². The van der Waals surface area contributed by atoms with Gasteiger partial charge in [-0.15, -0.1) is 0 Å². The van der Waals surface area contributed by atoms with Crippen molar-refractivity contribution in [2.24, 2.45) is 0 Å². The summed E-state index contributed by atoms with van der Waals surface area (Å²) in [6.07, 6.45) is 1.09. The minimum absolute atomic E-state index is 0.0324. The van der Waals surface area contributed by atoms with Crippen molar-refractivity contribution in [3.8, 4) is 11.5 Å². The van der Waals surface area contributed by atoms with Crippen molar-refractivity contribution in [3.63, 3.8) is 0 Å². The number of carbonyl (C=O) groups is 1. The summed E-state index contributed by atoms with van der Waals surface area (Å²) in [5.74, 6) is 1.41. The normalized spacial score (nSPS) is 10.2. The van der Waals surface area contributed by atoms with Crippen LogP contribution in [0.5, 0.6) is 11.5 Å². The number of hydrogen-bond donors (Lipinski definition) is 1. The molecule has 2 rings (SSSR count). The Morgan fingerprint density at radius 3 is 2.44 bits per heavy atom. The van der Waals surface area contributed by atoms with E-state index in [1.807, 2.05) is 55.4 Å². The fourth-order valence-corrected chi connectivity index (χ4v) is 2.53. The van der Waals surface area contributed by atoms with Gasteiger partial charge in [-0.3, -0.25) is 4.79 Å². The molecule has 2 aromatic rings. The van der Waals surface area contributed by atoms with E-state index in [0.29, 0.717) is 30.9 Å². The zero-order valence-corrected chi connectivity index (χ0v) is 15.3. The number of anilines is 1. The predicted octanol–water partition coefficient (Wildman–Crippen LogP) is 3.02. The maximum Gasteiger partial charge on any atom is 0.220 e. The molecule has 5 heteroatoms. The van der Waals surface area contributed by atoms with Gasteiger partial charge in [-0.1, -0.05) is 18.2 Å². The second-order valence-electron chi connectivity index (χ2n) is 6.03.